The monoisotopic (exact) mass is 390 g/mol. The highest BCUT2D eigenvalue weighted by molar-refractivity contribution is 5.98. The Kier molecular flexibility index (Phi) is 12.7. The van der Waals surface area contributed by atoms with Gasteiger partial charge in [-0.2, -0.15) is 0 Å². The molecule has 0 atom stereocenters. The molecule has 3 N–H and O–H groups in total. The minimum atomic E-state index is -0.307. The van der Waals surface area contributed by atoms with Crippen molar-refractivity contribution >= 4 is 11.6 Å². The number of Topliss-reactive ketones (excluding diaryl/α,β-unsaturated/α-hetero) is 1. The zero-order valence-corrected chi connectivity index (χ0v) is 19.2. The van der Waals surface area contributed by atoms with E-state index in [-0.39, 0.29) is 17.0 Å². The number of hydrogen-bond acceptors (Lipinski definition) is 4. The van der Waals surface area contributed by atoms with Gasteiger partial charge in [-0.05, 0) is 45.2 Å². The highest BCUT2D eigenvalue weighted by Crippen LogP contribution is 2.22. The molecule has 1 aliphatic rings. The first-order valence-corrected chi connectivity index (χ1v) is 10.7. The molecule has 4 heteroatoms. The maximum Gasteiger partial charge on any atom is 0.162 e. The van der Waals surface area contributed by atoms with Crippen molar-refractivity contribution in [2.24, 2.45) is 11.1 Å². The van der Waals surface area contributed by atoms with Crippen LogP contribution >= 0.6 is 0 Å². The van der Waals surface area contributed by atoms with Crippen LogP contribution in [0.5, 0.6) is 0 Å². The number of unbranched alkanes of at least 4 members (excludes halogenated alkanes) is 2. The Morgan fingerprint density at radius 1 is 1.18 bits per heavy atom. The lowest BCUT2D eigenvalue weighted by atomic mass is 9.90. The lowest BCUT2D eigenvalue weighted by Crippen LogP contribution is -2.25. The van der Waals surface area contributed by atoms with Gasteiger partial charge in [-0.25, -0.2) is 0 Å². The Labute approximate surface area is 172 Å². The van der Waals surface area contributed by atoms with Crippen molar-refractivity contribution in [3.05, 3.63) is 34.6 Å². The highest BCUT2D eigenvalue weighted by atomic mass is 16.1. The van der Waals surface area contributed by atoms with E-state index < -0.39 is 0 Å². The number of nitrogens with one attached hydrogen (secondary N) is 1. The van der Waals surface area contributed by atoms with Gasteiger partial charge >= 0.3 is 0 Å². The van der Waals surface area contributed by atoms with Gasteiger partial charge < -0.3 is 11.1 Å². The fourth-order valence-electron chi connectivity index (χ4n) is 2.85. The highest BCUT2D eigenvalue weighted by Gasteiger charge is 2.18. The third-order valence-electron chi connectivity index (χ3n) is 4.66. The Balaban J connectivity index is 0.000000546. The number of rotatable bonds is 8. The maximum absolute atomic E-state index is 11.7. The largest absolute Gasteiger partial charge is 0.402 e. The molecule has 0 aromatic carbocycles. The molecule has 28 heavy (non-hydrogen) atoms. The molecule has 1 aliphatic heterocycles. The van der Waals surface area contributed by atoms with Gasteiger partial charge in [0.25, 0.3) is 0 Å². The topological polar surface area (TPSA) is 72.2 Å². The maximum atomic E-state index is 11.7. The molecule has 0 amide bonds. The number of ketones is 2. The van der Waals surface area contributed by atoms with Crippen LogP contribution in [0.25, 0.3) is 0 Å². The summed E-state index contributed by atoms with van der Waals surface area (Å²) in [6.45, 7) is 15.6. The Morgan fingerprint density at radius 3 is 2.29 bits per heavy atom. The van der Waals surface area contributed by atoms with Crippen molar-refractivity contribution < 1.29 is 9.59 Å². The van der Waals surface area contributed by atoms with Crippen molar-refractivity contribution in [3.8, 4) is 0 Å². The third kappa shape index (κ3) is 10.6. The van der Waals surface area contributed by atoms with E-state index in [1.807, 2.05) is 27.7 Å². The minimum absolute atomic E-state index is 0.105. The summed E-state index contributed by atoms with van der Waals surface area (Å²) in [7, 11) is 0. The molecule has 0 spiro atoms. The van der Waals surface area contributed by atoms with E-state index in [4.69, 9.17) is 5.73 Å². The molecule has 0 radical (unpaired) electrons. The molecule has 1 heterocycles. The second-order valence-electron chi connectivity index (χ2n) is 8.59. The molecule has 0 aliphatic carbocycles. The zero-order valence-electron chi connectivity index (χ0n) is 19.2. The SMILES string of the molecule is CCC/C(N)=C/C(=O)C(C)(C)C.CCCC/C=C(/C(C)=O)C1=C(C)CNCC1. The van der Waals surface area contributed by atoms with E-state index in [9.17, 15) is 9.59 Å². The molecule has 0 aromatic heterocycles. The molecule has 0 fully saturated rings. The van der Waals surface area contributed by atoms with Crippen LogP contribution in [0.3, 0.4) is 0 Å². The standard InChI is InChI=1S/C14H23NO.C10H19NO/c1-4-5-6-7-14(12(3)16)13-8-9-15-10-11(13)2;1-5-6-8(11)7-9(12)10(2,3)4/h7,15H,4-6,8-10H2,1-3H3;7H,5-6,11H2,1-4H3/b14-7-;8-7-. The molecular weight excluding hydrogens is 348 g/mol. The summed E-state index contributed by atoms with van der Waals surface area (Å²) < 4.78 is 0. The Bertz CT molecular complexity index is 605. The van der Waals surface area contributed by atoms with Crippen LogP contribution in [0.2, 0.25) is 0 Å². The first kappa shape index (κ1) is 26.3. The number of hydrogen-bond donors (Lipinski definition) is 2. The number of allylic oxidation sites excluding steroid dienone is 4. The van der Waals surface area contributed by atoms with E-state index in [1.165, 1.54) is 24.0 Å². The van der Waals surface area contributed by atoms with Crippen molar-refractivity contribution in [2.45, 2.75) is 87.0 Å². The summed E-state index contributed by atoms with van der Waals surface area (Å²) >= 11 is 0. The van der Waals surface area contributed by atoms with Crippen molar-refractivity contribution in [1.82, 2.24) is 5.32 Å². The van der Waals surface area contributed by atoms with E-state index in [0.29, 0.717) is 5.70 Å². The lowest BCUT2D eigenvalue weighted by Gasteiger charge is -2.20. The van der Waals surface area contributed by atoms with Gasteiger partial charge in [0.05, 0.1) is 0 Å². The van der Waals surface area contributed by atoms with E-state index >= 15 is 0 Å². The van der Waals surface area contributed by atoms with Crippen LogP contribution < -0.4 is 11.1 Å². The second kappa shape index (κ2) is 13.5. The van der Waals surface area contributed by atoms with Crippen LogP contribution in [0, 0.1) is 5.41 Å². The van der Waals surface area contributed by atoms with E-state index in [1.54, 1.807) is 13.0 Å². The van der Waals surface area contributed by atoms with Crippen LogP contribution in [-0.4, -0.2) is 24.7 Å². The fraction of sp³-hybridized carbons (Fsp3) is 0.667. The number of carbonyl (C=O) groups is 2. The quantitative estimate of drug-likeness (QED) is 0.439. The number of nitrogens with two attached hydrogens (primary N) is 1. The summed E-state index contributed by atoms with van der Waals surface area (Å²) in [6.07, 6.45) is 9.85. The summed E-state index contributed by atoms with van der Waals surface area (Å²) in [6, 6.07) is 0. The van der Waals surface area contributed by atoms with Crippen LogP contribution in [0.4, 0.5) is 0 Å². The number of carbonyl (C=O) groups excluding carboxylic acids is 2. The van der Waals surface area contributed by atoms with Gasteiger partial charge in [0.2, 0.25) is 0 Å². The smallest absolute Gasteiger partial charge is 0.162 e. The average Bonchev–Trinajstić information content (AvgIpc) is 2.59. The molecule has 0 saturated carbocycles. The van der Waals surface area contributed by atoms with Gasteiger partial charge in [-0.1, -0.05) is 65.5 Å². The summed E-state index contributed by atoms with van der Waals surface area (Å²) in [5.74, 6) is 0.320. The van der Waals surface area contributed by atoms with Gasteiger partial charge in [0.1, 0.15) is 0 Å². The molecule has 0 bridgehead atoms. The van der Waals surface area contributed by atoms with Crippen LogP contribution in [-0.2, 0) is 9.59 Å². The first-order valence-electron chi connectivity index (χ1n) is 10.7. The summed E-state index contributed by atoms with van der Waals surface area (Å²) in [4.78, 5) is 23.1. The molecule has 160 valence electrons. The predicted molar refractivity (Wildman–Crippen MR) is 120 cm³/mol. The van der Waals surface area contributed by atoms with Gasteiger partial charge in [-0.15, -0.1) is 0 Å². The normalized spacial score (nSPS) is 15.8. The third-order valence-corrected chi connectivity index (χ3v) is 4.66. The van der Waals surface area contributed by atoms with Crippen molar-refractivity contribution in [2.75, 3.05) is 13.1 Å². The van der Waals surface area contributed by atoms with Crippen molar-refractivity contribution in [1.29, 1.82) is 0 Å². The molecule has 0 unspecified atom stereocenters. The first-order chi connectivity index (χ1) is 13.0. The second-order valence-corrected chi connectivity index (χ2v) is 8.59. The van der Waals surface area contributed by atoms with Gasteiger partial charge in [0.15, 0.2) is 11.6 Å². The van der Waals surface area contributed by atoms with Crippen molar-refractivity contribution in [3.63, 3.8) is 0 Å². The Morgan fingerprint density at radius 2 is 1.82 bits per heavy atom. The van der Waals surface area contributed by atoms with Crippen LogP contribution in [0.15, 0.2) is 34.6 Å². The Hall–Kier alpha value is -1.68. The van der Waals surface area contributed by atoms with Gasteiger partial charge in [-0.3, -0.25) is 9.59 Å². The van der Waals surface area contributed by atoms with E-state index in [0.717, 1.165) is 44.3 Å². The zero-order chi connectivity index (χ0) is 21.7. The van der Waals surface area contributed by atoms with Crippen LogP contribution in [0.1, 0.15) is 87.0 Å². The van der Waals surface area contributed by atoms with E-state index in [2.05, 4.69) is 25.2 Å². The lowest BCUT2D eigenvalue weighted by molar-refractivity contribution is -0.121. The minimum Gasteiger partial charge on any atom is -0.402 e. The predicted octanol–water partition coefficient (Wildman–Crippen LogP) is 5.25. The summed E-state index contributed by atoms with van der Waals surface area (Å²) in [5.41, 5.74) is 9.58. The van der Waals surface area contributed by atoms with Gasteiger partial charge in [0, 0.05) is 29.3 Å². The molecule has 4 nitrogen and oxygen atoms in total. The fourth-order valence-corrected chi connectivity index (χ4v) is 2.85. The molecule has 0 saturated heterocycles. The average molecular weight is 391 g/mol. The summed E-state index contributed by atoms with van der Waals surface area (Å²) in [5, 5.41) is 3.33. The molecule has 1 rings (SSSR count). The molecule has 0 aromatic rings. The molecular formula is C24H42N2O2.